The highest BCUT2D eigenvalue weighted by Crippen LogP contribution is 2.37. The van der Waals surface area contributed by atoms with Gasteiger partial charge in [0.1, 0.15) is 12.0 Å². The molecule has 0 radical (unpaired) electrons. The van der Waals surface area contributed by atoms with E-state index < -0.39 is 0 Å². The number of amides is 2. The Morgan fingerprint density at radius 1 is 1.26 bits per heavy atom. The van der Waals surface area contributed by atoms with E-state index >= 15 is 0 Å². The number of oxazole rings is 1. The van der Waals surface area contributed by atoms with Crippen molar-refractivity contribution < 1.29 is 18.7 Å². The van der Waals surface area contributed by atoms with Crippen LogP contribution in [-0.4, -0.2) is 34.8 Å². The number of nitrogens with zero attached hydrogens (tertiary/aromatic N) is 2. The van der Waals surface area contributed by atoms with Gasteiger partial charge in [-0.25, -0.2) is 4.98 Å². The molecule has 3 aromatic rings. The molecule has 7 nitrogen and oxygen atoms in total. The van der Waals surface area contributed by atoms with Crippen LogP contribution in [0, 0.1) is 5.92 Å². The van der Waals surface area contributed by atoms with Crippen molar-refractivity contribution in [1.82, 2.24) is 15.2 Å². The fourth-order valence-corrected chi connectivity index (χ4v) is 4.29. The van der Waals surface area contributed by atoms with E-state index in [0.717, 1.165) is 17.5 Å². The van der Waals surface area contributed by atoms with Crippen LogP contribution in [0.1, 0.15) is 59.4 Å². The summed E-state index contributed by atoms with van der Waals surface area (Å²) in [5.74, 6) is 1.08. The highest BCUT2D eigenvalue weighted by molar-refractivity contribution is 5.91. The Kier molecular flexibility index (Phi) is 7.65. The molecular weight excluding hydrogens is 442 g/mol. The molecule has 0 saturated carbocycles. The molecule has 7 heteroatoms. The lowest BCUT2D eigenvalue weighted by Gasteiger charge is -2.38. The summed E-state index contributed by atoms with van der Waals surface area (Å²) in [7, 11) is 0. The molecule has 1 aliphatic heterocycles. The second kappa shape index (κ2) is 11.0. The molecule has 0 fully saturated rings. The molecule has 2 amide bonds. The minimum Gasteiger partial charge on any atom is -0.484 e. The van der Waals surface area contributed by atoms with Gasteiger partial charge in [0.15, 0.2) is 12.3 Å². The lowest BCUT2D eigenvalue weighted by Crippen LogP contribution is -2.41. The smallest absolute Gasteiger partial charge is 0.273 e. The predicted molar refractivity (Wildman–Crippen MR) is 133 cm³/mol. The second-order valence-electron chi connectivity index (χ2n) is 9.02. The molecule has 1 atom stereocenters. The van der Waals surface area contributed by atoms with Crippen molar-refractivity contribution in [3.63, 3.8) is 0 Å². The summed E-state index contributed by atoms with van der Waals surface area (Å²) in [5.41, 5.74) is 3.54. The van der Waals surface area contributed by atoms with Crippen LogP contribution in [0.2, 0.25) is 0 Å². The number of fused-ring (bicyclic) bond motifs is 1. The molecule has 1 aliphatic rings. The molecule has 2 aromatic carbocycles. The summed E-state index contributed by atoms with van der Waals surface area (Å²) >= 11 is 0. The Balaban J connectivity index is 1.55. The van der Waals surface area contributed by atoms with E-state index in [4.69, 9.17) is 9.15 Å². The first-order chi connectivity index (χ1) is 17.0. The van der Waals surface area contributed by atoms with Gasteiger partial charge in [0.05, 0.1) is 6.04 Å². The fourth-order valence-electron chi connectivity index (χ4n) is 4.29. The molecule has 2 heterocycles. The van der Waals surface area contributed by atoms with E-state index in [1.54, 1.807) is 6.08 Å². The van der Waals surface area contributed by atoms with E-state index in [2.05, 4.69) is 48.9 Å². The molecule has 4 rings (SSSR count). The average molecular weight is 474 g/mol. The van der Waals surface area contributed by atoms with Gasteiger partial charge in [-0.2, -0.15) is 0 Å². The van der Waals surface area contributed by atoms with Crippen LogP contribution >= 0.6 is 0 Å². The van der Waals surface area contributed by atoms with Gasteiger partial charge in [0, 0.05) is 19.5 Å². The van der Waals surface area contributed by atoms with E-state index in [1.807, 2.05) is 35.2 Å². The quantitative estimate of drug-likeness (QED) is 0.456. The van der Waals surface area contributed by atoms with Crippen LogP contribution < -0.4 is 10.1 Å². The van der Waals surface area contributed by atoms with Crippen molar-refractivity contribution in [3.05, 3.63) is 95.7 Å². The number of hydrogen-bond acceptors (Lipinski definition) is 5. The maximum absolute atomic E-state index is 13.2. The van der Waals surface area contributed by atoms with Crippen LogP contribution in [0.25, 0.3) is 0 Å². The molecule has 182 valence electrons. The minimum atomic E-state index is -0.328. The Hall–Kier alpha value is -3.87. The van der Waals surface area contributed by atoms with E-state index in [9.17, 15) is 9.59 Å². The van der Waals surface area contributed by atoms with Gasteiger partial charge < -0.3 is 19.4 Å². The summed E-state index contributed by atoms with van der Waals surface area (Å²) in [6.07, 6.45) is 4.22. The van der Waals surface area contributed by atoms with Crippen LogP contribution in [0.3, 0.4) is 0 Å². The molecule has 35 heavy (non-hydrogen) atoms. The Labute approximate surface area is 205 Å². The number of ether oxygens (including phenoxy) is 1. The van der Waals surface area contributed by atoms with Crippen molar-refractivity contribution in [2.45, 2.75) is 39.3 Å². The second-order valence-corrected chi connectivity index (χ2v) is 9.02. The standard InChI is InChI=1S/C28H31N3O4/c1-4-13-29-28(33)24-17-35-25(30-24)18-34-22-11-10-20-12-14-31(26(32)15-19(2)3)27(23(20)16-22)21-8-6-5-7-9-21/h4-11,16-17,19,27H,1,12-15,18H2,2-3H3,(H,29,33). The first kappa shape index (κ1) is 24.3. The summed E-state index contributed by atoms with van der Waals surface area (Å²) in [4.78, 5) is 31.4. The van der Waals surface area contributed by atoms with Crippen LogP contribution in [0.5, 0.6) is 5.75 Å². The average Bonchev–Trinajstić information content (AvgIpc) is 3.34. The highest BCUT2D eigenvalue weighted by atomic mass is 16.5. The van der Waals surface area contributed by atoms with Crippen molar-refractivity contribution in [2.24, 2.45) is 5.92 Å². The maximum Gasteiger partial charge on any atom is 0.273 e. The van der Waals surface area contributed by atoms with Crippen LogP contribution in [-0.2, 0) is 17.8 Å². The van der Waals surface area contributed by atoms with Gasteiger partial charge in [-0.3, -0.25) is 9.59 Å². The molecule has 1 unspecified atom stereocenters. The van der Waals surface area contributed by atoms with Crippen molar-refractivity contribution in [1.29, 1.82) is 0 Å². The number of carbonyl (C=O) groups excluding carboxylic acids is 2. The van der Waals surface area contributed by atoms with Gasteiger partial charge in [0.25, 0.3) is 5.91 Å². The SMILES string of the molecule is C=CCNC(=O)c1coc(COc2ccc3c(c2)C(c2ccccc2)N(C(=O)CC(C)C)CC3)n1. The van der Waals surface area contributed by atoms with E-state index in [-0.39, 0.29) is 30.2 Å². The lowest BCUT2D eigenvalue weighted by atomic mass is 9.87. The number of benzene rings is 2. The maximum atomic E-state index is 13.2. The highest BCUT2D eigenvalue weighted by Gasteiger charge is 2.32. The predicted octanol–water partition coefficient (Wildman–Crippen LogP) is 4.69. The van der Waals surface area contributed by atoms with Crippen LogP contribution in [0.15, 0.2) is 71.9 Å². The van der Waals surface area contributed by atoms with Gasteiger partial charge in [-0.15, -0.1) is 6.58 Å². The van der Waals surface area contributed by atoms with Gasteiger partial charge in [-0.05, 0) is 41.2 Å². The first-order valence-electron chi connectivity index (χ1n) is 11.9. The molecule has 0 saturated heterocycles. The van der Waals surface area contributed by atoms with Crippen LogP contribution in [0.4, 0.5) is 0 Å². The van der Waals surface area contributed by atoms with Crippen molar-refractivity contribution in [3.8, 4) is 5.75 Å². The summed E-state index contributed by atoms with van der Waals surface area (Å²) in [6, 6.07) is 15.9. The minimum absolute atomic E-state index is 0.0829. The van der Waals surface area contributed by atoms with Gasteiger partial charge in [-0.1, -0.05) is 56.3 Å². The molecule has 0 bridgehead atoms. The Morgan fingerprint density at radius 3 is 2.80 bits per heavy atom. The Bertz CT molecular complexity index is 1190. The third-order valence-corrected chi connectivity index (χ3v) is 5.92. The van der Waals surface area contributed by atoms with E-state index in [1.165, 1.54) is 11.8 Å². The zero-order valence-electron chi connectivity index (χ0n) is 20.2. The summed E-state index contributed by atoms with van der Waals surface area (Å²) < 4.78 is 11.4. The first-order valence-corrected chi connectivity index (χ1v) is 11.9. The number of hydrogen-bond donors (Lipinski definition) is 1. The van der Waals surface area contributed by atoms with Gasteiger partial charge >= 0.3 is 0 Å². The third kappa shape index (κ3) is 5.80. The van der Waals surface area contributed by atoms with Crippen molar-refractivity contribution >= 4 is 11.8 Å². The monoisotopic (exact) mass is 473 g/mol. The number of aromatic nitrogens is 1. The lowest BCUT2D eigenvalue weighted by molar-refractivity contribution is -0.134. The normalized spacial score (nSPS) is 14.9. The zero-order valence-corrected chi connectivity index (χ0v) is 20.2. The summed E-state index contributed by atoms with van der Waals surface area (Å²) in [5, 5.41) is 2.66. The molecule has 0 aliphatic carbocycles. The molecule has 0 spiro atoms. The number of nitrogens with one attached hydrogen (secondary N) is 1. The Morgan fingerprint density at radius 2 is 2.06 bits per heavy atom. The number of rotatable bonds is 9. The molecule has 1 N–H and O–H groups in total. The number of carbonyl (C=O) groups is 2. The third-order valence-electron chi connectivity index (χ3n) is 5.92. The topological polar surface area (TPSA) is 84.7 Å². The fraction of sp³-hybridized carbons (Fsp3) is 0.321. The van der Waals surface area contributed by atoms with Crippen molar-refractivity contribution in [2.75, 3.05) is 13.1 Å². The largest absolute Gasteiger partial charge is 0.484 e. The molecule has 1 aromatic heterocycles. The van der Waals surface area contributed by atoms with E-state index in [0.29, 0.717) is 37.1 Å². The zero-order chi connectivity index (χ0) is 24.8. The molecular formula is C28H31N3O4. The van der Waals surface area contributed by atoms with Gasteiger partial charge in [0.2, 0.25) is 11.8 Å². The summed E-state index contributed by atoms with van der Waals surface area (Å²) in [6.45, 7) is 8.83.